The highest BCUT2D eigenvalue weighted by molar-refractivity contribution is 6.30. The van der Waals surface area contributed by atoms with Gasteiger partial charge in [0.15, 0.2) is 11.5 Å². The summed E-state index contributed by atoms with van der Waals surface area (Å²) >= 11 is 6.36. The Morgan fingerprint density at radius 2 is 2.07 bits per heavy atom. The minimum atomic E-state index is -0.473. The molecular formula is C22H20ClN3O3. The number of aromatic nitrogens is 2. The van der Waals surface area contributed by atoms with E-state index in [2.05, 4.69) is 11.1 Å². The van der Waals surface area contributed by atoms with Crippen LogP contribution in [-0.4, -0.2) is 23.8 Å². The number of imidazole rings is 1. The Morgan fingerprint density at radius 1 is 1.21 bits per heavy atom. The molecule has 0 aliphatic carbocycles. The predicted molar refractivity (Wildman–Crippen MR) is 109 cm³/mol. The van der Waals surface area contributed by atoms with E-state index in [1.54, 1.807) is 20.4 Å². The first kappa shape index (κ1) is 19.3. The van der Waals surface area contributed by atoms with Crippen molar-refractivity contribution in [2.24, 2.45) is 0 Å². The number of benzene rings is 2. The first-order chi connectivity index (χ1) is 14.2. The predicted octanol–water partition coefficient (Wildman–Crippen LogP) is 5.01. The van der Waals surface area contributed by atoms with Gasteiger partial charge in [0.25, 0.3) is 0 Å². The Balaban J connectivity index is 1.94. The minimum Gasteiger partial charge on any atom is -0.493 e. The van der Waals surface area contributed by atoms with Crippen molar-refractivity contribution < 1.29 is 14.2 Å². The second-order valence-electron chi connectivity index (χ2n) is 6.64. The molecule has 2 aromatic carbocycles. The standard InChI is InChI=1S/C22H20ClN3O3/c1-27-18-6-3-5-15(21(18)28-2)20-16-13-14(23)8-9-17(16)26-12-11-25-22(26)19(29-20)7-4-10-24/h3,5-6,8-9,11-13,19-20H,4,7H2,1-2H3. The first-order valence-electron chi connectivity index (χ1n) is 9.24. The van der Waals surface area contributed by atoms with Gasteiger partial charge in [-0.1, -0.05) is 23.7 Å². The summed E-state index contributed by atoms with van der Waals surface area (Å²) in [6, 6.07) is 13.6. The lowest BCUT2D eigenvalue weighted by atomic mass is 9.98. The summed E-state index contributed by atoms with van der Waals surface area (Å²) in [6.45, 7) is 0. The average Bonchev–Trinajstić information content (AvgIpc) is 3.18. The molecule has 0 saturated heterocycles. The Bertz CT molecular complexity index is 1070. The molecule has 2 heterocycles. The van der Waals surface area contributed by atoms with Gasteiger partial charge in [0, 0.05) is 35.0 Å². The van der Waals surface area contributed by atoms with E-state index in [0.29, 0.717) is 29.4 Å². The van der Waals surface area contributed by atoms with Gasteiger partial charge in [-0.15, -0.1) is 0 Å². The molecule has 3 aromatic rings. The lowest BCUT2D eigenvalue weighted by Crippen LogP contribution is -2.12. The molecule has 0 saturated carbocycles. The molecule has 29 heavy (non-hydrogen) atoms. The topological polar surface area (TPSA) is 69.3 Å². The van der Waals surface area contributed by atoms with Gasteiger partial charge in [-0.25, -0.2) is 4.98 Å². The van der Waals surface area contributed by atoms with Crippen LogP contribution in [0.15, 0.2) is 48.8 Å². The van der Waals surface area contributed by atoms with E-state index in [1.165, 1.54) is 0 Å². The minimum absolute atomic E-state index is 0.358. The maximum atomic E-state index is 9.12. The molecule has 1 aliphatic heterocycles. The summed E-state index contributed by atoms with van der Waals surface area (Å²) in [5, 5.41) is 9.73. The summed E-state index contributed by atoms with van der Waals surface area (Å²) in [6.07, 6.45) is 3.68. The second kappa shape index (κ2) is 8.16. The van der Waals surface area contributed by atoms with Gasteiger partial charge in [0.1, 0.15) is 18.0 Å². The van der Waals surface area contributed by atoms with E-state index in [-0.39, 0.29) is 6.10 Å². The third kappa shape index (κ3) is 3.44. The first-order valence-corrected chi connectivity index (χ1v) is 9.62. The fraction of sp³-hybridized carbons (Fsp3) is 0.273. The highest BCUT2D eigenvalue weighted by Crippen LogP contribution is 2.46. The van der Waals surface area contributed by atoms with Crippen molar-refractivity contribution in [3.05, 3.63) is 70.8 Å². The number of ether oxygens (including phenoxy) is 3. The van der Waals surface area contributed by atoms with Crippen molar-refractivity contribution in [3.63, 3.8) is 0 Å². The quantitative estimate of drug-likeness (QED) is 0.592. The van der Waals surface area contributed by atoms with Crippen LogP contribution in [0.4, 0.5) is 0 Å². The molecule has 1 aliphatic rings. The van der Waals surface area contributed by atoms with E-state index in [1.807, 2.05) is 47.2 Å². The normalized spacial score (nSPS) is 17.6. The fourth-order valence-electron chi connectivity index (χ4n) is 3.76. The Kier molecular flexibility index (Phi) is 5.43. The van der Waals surface area contributed by atoms with E-state index in [4.69, 9.17) is 31.1 Å². The van der Waals surface area contributed by atoms with Crippen LogP contribution in [0.25, 0.3) is 5.69 Å². The van der Waals surface area contributed by atoms with Crippen molar-refractivity contribution in [3.8, 4) is 23.3 Å². The van der Waals surface area contributed by atoms with Crippen LogP contribution < -0.4 is 9.47 Å². The number of nitriles is 1. The van der Waals surface area contributed by atoms with Gasteiger partial charge in [0.2, 0.25) is 0 Å². The van der Waals surface area contributed by atoms with Crippen molar-refractivity contribution in [2.75, 3.05) is 14.2 Å². The van der Waals surface area contributed by atoms with Gasteiger partial charge in [-0.05, 0) is 30.7 Å². The third-order valence-corrected chi connectivity index (χ3v) is 5.26. The number of rotatable bonds is 5. The van der Waals surface area contributed by atoms with E-state index < -0.39 is 6.10 Å². The van der Waals surface area contributed by atoms with Gasteiger partial charge in [0.05, 0.1) is 26.0 Å². The number of halogens is 1. The molecule has 148 valence electrons. The molecular weight excluding hydrogens is 390 g/mol. The zero-order valence-corrected chi connectivity index (χ0v) is 16.9. The van der Waals surface area contributed by atoms with Crippen molar-refractivity contribution in [1.82, 2.24) is 9.55 Å². The maximum Gasteiger partial charge on any atom is 0.166 e. The molecule has 7 heteroatoms. The summed E-state index contributed by atoms with van der Waals surface area (Å²) in [5.74, 6) is 1.98. The van der Waals surface area contributed by atoms with Crippen molar-refractivity contribution in [1.29, 1.82) is 5.26 Å². The molecule has 0 bridgehead atoms. The average molecular weight is 410 g/mol. The van der Waals surface area contributed by atoms with Gasteiger partial charge in [-0.3, -0.25) is 0 Å². The number of methoxy groups -OCH3 is 2. The fourth-order valence-corrected chi connectivity index (χ4v) is 3.94. The SMILES string of the molecule is COc1cccc(C2OC(CCC#N)c3nccn3-c3ccc(Cl)cc32)c1OC. The van der Waals surface area contributed by atoms with Crippen LogP contribution in [0.2, 0.25) is 5.02 Å². The summed E-state index contributed by atoms with van der Waals surface area (Å²) in [7, 11) is 3.21. The Morgan fingerprint density at radius 3 is 2.83 bits per heavy atom. The molecule has 2 unspecified atom stereocenters. The van der Waals surface area contributed by atoms with Gasteiger partial charge in [-0.2, -0.15) is 5.26 Å². The van der Waals surface area contributed by atoms with Crippen LogP contribution in [-0.2, 0) is 4.74 Å². The van der Waals surface area contributed by atoms with Crippen molar-refractivity contribution >= 4 is 11.6 Å². The lowest BCUT2D eigenvalue weighted by molar-refractivity contribution is -0.000491. The molecule has 4 rings (SSSR count). The zero-order valence-electron chi connectivity index (χ0n) is 16.1. The monoisotopic (exact) mass is 409 g/mol. The zero-order chi connectivity index (χ0) is 20.4. The third-order valence-electron chi connectivity index (χ3n) is 5.02. The van der Waals surface area contributed by atoms with E-state index >= 15 is 0 Å². The molecule has 2 atom stereocenters. The molecule has 0 amide bonds. The lowest BCUT2D eigenvalue weighted by Gasteiger charge is -2.24. The van der Waals surface area contributed by atoms with Crippen LogP contribution in [0, 0.1) is 11.3 Å². The Hall–Kier alpha value is -3.01. The summed E-state index contributed by atoms with van der Waals surface area (Å²) in [4.78, 5) is 4.52. The Labute approximate surface area is 174 Å². The van der Waals surface area contributed by atoms with E-state index in [9.17, 15) is 0 Å². The van der Waals surface area contributed by atoms with Crippen LogP contribution >= 0.6 is 11.6 Å². The van der Waals surface area contributed by atoms with Crippen LogP contribution in [0.1, 0.15) is 42.0 Å². The number of hydrogen-bond acceptors (Lipinski definition) is 5. The van der Waals surface area contributed by atoms with Crippen LogP contribution in [0.5, 0.6) is 11.5 Å². The highest BCUT2D eigenvalue weighted by Gasteiger charge is 2.33. The van der Waals surface area contributed by atoms with Crippen LogP contribution in [0.3, 0.4) is 0 Å². The van der Waals surface area contributed by atoms with E-state index in [0.717, 1.165) is 22.6 Å². The number of hydrogen-bond donors (Lipinski definition) is 0. The van der Waals surface area contributed by atoms with Gasteiger partial charge >= 0.3 is 0 Å². The summed E-state index contributed by atoms with van der Waals surface area (Å²) < 4.78 is 19.7. The summed E-state index contributed by atoms with van der Waals surface area (Å²) in [5.41, 5.74) is 2.64. The van der Waals surface area contributed by atoms with Crippen molar-refractivity contribution in [2.45, 2.75) is 25.0 Å². The molecule has 0 spiro atoms. The molecule has 0 fully saturated rings. The molecule has 6 nitrogen and oxygen atoms in total. The smallest absolute Gasteiger partial charge is 0.166 e. The second-order valence-corrected chi connectivity index (χ2v) is 7.08. The molecule has 0 N–H and O–H groups in total. The number of fused-ring (bicyclic) bond motifs is 3. The number of nitrogens with zero attached hydrogens (tertiary/aromatic N) is 3. The largest absolute Gasteiger partial charge is 0.493 e. The maximum absolute atomic E-state index is 9.12. The highest BCUT2D eigenvalue weighted by atomic mass is 35.5. The molecule has 0 radical (unpaired) electrons. The molecule has 1 aromatic heterocycles. The number of para-hydroxylation sites is 1. The van der Waals surface area contributed by atoms with Gasteiger partial charge < -0.3 is 18.8 Å².